The van der Waals surface area contributed by atoms with Gasteiger partial charge < -0.3 is 10.6 Å². The van der Waals surface area contributed by atoms with Crippen LogP contribution in [-0.2, 0) is 11.2 Å². The summed E-state index contributed by atoms with van der Waals surface area (Å²) in [6, 6.07) is 10.9. The molecule has 17 heavy (non-hydrogen) atoms. The molecular weight excluding hydrogens is 212 g/mol. The van der Waals surface area contributed by atoms with Crippen LogP contribution < -0.4 is 10.6 Å². The Hall–Kier alpha value is -1.35. The topological polar surface area (TPSA) is 41.1 Å². The standard InChI is InChI=1S/C14H20N2O/c17-14-9-8-13(16-14)11-15-10-4-7-12-5-2-1-3-6-12/h1-3,5-6,13,15H,4,7-11H2,(H,16,17). The molecule has 0 saturated carbocycles. The van der Waals surface area contributed by atoms with Crippen molar-refractivity contribution in [2.75, 3.05) is 13.1 Å². The van der Waals surface area contributed by atoms with E-state index in [1.165, 1.54) is 5.56 Å². The van der Waals surface area contributed by atoms with Crippen LogP contribution in [0.25, 0.3) is 0 Å². The van der Waals surface area contributed by atoms with Crippen LogP contribution in [0.4, 0.5) is 0 Å². The Morgan fingerprint density at radius 1 is 1.29 bits per heavy atom. The van der Waals surface area contributed by atoms with E-state index in [0.717, 1.165) is 32.4 Å². The van der Waals surface area contributed by atoms with Gasteiger partial charge in [0.2, 0.25) is 5.91 Å². The highest BCUT2D eigenvalue weighted by atomic mass is 16.1. The first-order chi connectivity index (χ1) is 8.34. The molecule has 1 fully saturated rings. The van der Waals surface area contributed by atoms with Crippen molar-refractivity contribution in [2.24, 2.45) is 0 Å². The number of hydrogen-bond donors (Lipinski definition) is 2. The minimum atomic E-state index is 0.195. The third kappa shape index (κ3) is 4.19. The molecule has 0 radical (unpaired) electrons. The van der Waals surface area contributed by atoms with E-state index in [2.05, 4.69) is 34.9 Å². The van der Waals surface area contributed by atoms with Crippen LogP contribution in [0.1, 0.15) is 24.8 Å². The van der Waals surface area contributed by atoms with Gasteiger partial charge in [0.05, 0.1) is 0 Å². The number of amides is 1. The lowest BCUT2D eigenvalue weighted by Crippen LogP contribution is -2.36. The van der Waals surface area contributed by atoms with Gasteiger partial charge in [-0.15, -0.1) is 0 Å². The monoisotopic (exact) mass is 232 g/mol. The van der Waals surface area contributed by atoms with E-state index in [9.17, 15) is 4.79 Å². The van der Waals surface area contributed by atoms with E-state index >= 15 is 0 Å². The average Bonchev–Trinajstić information content (AvgIpc) is 2.76. The third-order valence-corrected chi connectivity index (χ3v) is 3.14. The van der Waals surface area contributed by atoms with Crippen molar-refractivity contribution in [1.82, 2.24) is 10.6 Å². The number of hydrogen-bond acceptors (Lipinski definition) is 2. The maximum atomic E-state index is 11.0. The van der Waals surface area contributed by atoms with Gasteiger partial charge in [-0.05, 0) is 31.4 Å². The first-order valence-corrected chi connectivity index (χ1v) is 6.38. The molecule has 3 nitrogen and oxygen atoms in total. The summed E-state index contributed by atoms with van der Waals surface area (Å²) in [5, 5.41) is 6.36. The van der Waals surface area contributed by atoms with E-state index in [1.54, 1.807) is 0 Å². The van der Waals surface area contributed by atoms with E-state index in [1.807, 2.05) is 6.07 Å². The highest BCUT2D eigenvalue weighted by Gasteiger charge is 2.19. The molecule has 2 N–H and O–H groups in total. The number of aryl methyl sites for hydroxylation is 1. The predicted molar refractivity (Wildman–Crippen MR) is 68.8 cm³/mol. The Labute approximate surface area is 103 Å². The summed E-state index contributed by atoms with van der Waals surface area (Å²) in [5.74, 6) is 0.195. The minimum absolute atomic E-state index is 0.195. The highest BCUT2D eigenvalue weighted by molar-refractivity contribution is 5.78. The van der Waals surface area contributed by atoms with Crippen molar-refractivity contribution in [3.63, 3.8) is 0 Å². The van der Waals surface area contributed by atoms with Crippen molar-refractivity contribution in [1.29, 1.82) is 0 Å². The molecule has 92 valence electrons. The molecule has 0 spiro atoms. The van der Waals surface area contributed by atoms with E-state index in [4.69, 9.17) is 0 Å². The number of nitrogens with one attached hydrogen (secondary N) is 2. The van der Waals surface area contributed by atoms with Crippen molar-refractivity contribution in [2.45, 2.75) is 31.7 Å². The Kier molecular flexibility index (Phi) is 4.56. The highest BCUT2D eigenvalue weighted by Crippen LogP contribution is 2.05. The van der Waals surface area contributed by atoms with Gasteiger partial charge in [-0.2, -0.15) is 0 Å². The fourth-order valence-electron chi connectivity index (χ4n) is 2.17. The molecular formula is C14H20N2O. The zero-order chi connectivity index (χ0) is 11.9. The molecule has 1 saturated heterocycles. The van der Waals surface area contributed by atoms with E-state index < -0.39 is 0 Å². The molecule has 1 aliphatic heterocycles. The lowest BCUT2D eigenvalue weighted by Gasteiger charge is -2.10. The fourth-order valence-corrected chi connectivity index (χ4v) is 2.17. The molecule has 1 atom stereocenters. The molecule has 1 amide bonds. The van der Waals surface area contributed by atoms with Crippen LogP contribution in [0.3, 0.4) is 0 Å². The van der Waals surface area contributed by atoms with Gasteiger partial charge in [-0.1, -0.05) is 30.3 Å². The largest absolute Gasteiger partial charge is 0.352 e. The van der Waals surface area contributed by atoms with Crippen molar-refractivity contribution >= 4 is 5.91 Å². The quantitative estimate of drug-likeness (QED) is 0.730. The van der Waals surface area contributed by atoms with Crippen LogP contribution in [0.5, 0.6) is 0 Å². The lowest BCUT2D eigenvalue weighted by atomic mass is 10.1. The zero-order valence-corrected chi connectivity index (χ0v) is 10.1. The summed E-state index contributed by atoms with van der Waals surface area (Å²) in [6.07, 6.45) is 3.93. The number of carbonyl (C=O) groups is 1. The van der Waals surface area contributed by atoms with Crippen LogP contribution in [-0.4, -0.2) is 25.0 Å². The molecule has 0 bridgehead atoms. The summed E-state index contributed by atoms with van der Waals surface area (Å²) in [7, 11) is 0. The van der Waals surface area contributed by atoms with Crippen LogP contribution in [0.15, 0.2) is 30.3 Å². The second-order valence-electron chi connectivity index (χ2n) is 4.60. The van der Waals surface area contributed by atoms with Gasteiger partial charge in [-0.25, -0.2) is 0 Å². The Balaban J connectivity index is 1.53. The normalized spacial score (nSPS) is 19.3. The van der Waals surface area contributed by atoms with Crippen LogP contribution in [0.2, 0.25) is 0 Å². The minimum Gasteiger partial charge on any atom is -0.352 e. The lowest BCUT2D eigenvalue weighted by molar-refractivity contribution is -0.119. The van der Waals surface area contributed by atoms with Crippen molar-refractivity contribution in [3.05, 3.63) is 35.9 Å². The first-order valence-electron chi connectivity index (χ1n) is 6.38. The molecule has 1 heterocycles. The summed E-state index contributed by atoms with van der Waals surface area (Å²) in [6.45, 7) is 1.92. The summed E-state index contributed by atoms with van der Waals surface area (Å²) < 4.78 is 0. The fraction of sp³-hybridized carbons (Fsp3) is 0.500. The maximum absolute atomic E-state index is 11.0. The Morgan fingerprint density at radius 2 is 2.12 bits per heavy atom. The molecule has 1 aromatic rings. The molecule has 1 unspecified atom stereocenters. The Morgan fingerprint density at radius 3 is 2.82 bits per heavy atom. The molecule has 0 aliphatic carbocycles. The summed E-state index contributed by atoms with van der Waals surface area (Å²) in [5.41, 5.74) is 1.39. The number of benzene rings is 1. The molecule has 1 aliphatic rings. The second-order valence-corrected chi connectivity index (χ2v) is 4.60. The van der Waals surface area contributed by atoms with E-state index in [0.29, 0.717) is 12.5 Å². The van der Waals surface area contributed by atoms with Gasteiger partial charge in [0.15, 0.2) is 0 Å². The predicted octanol–water partition coefficient (Wildman–Crippen LogP) is 1.49. The van der Waals surface area contributed by atoms with E-state index in [-0.39, 0.29) is 5.91 Å². The van der Waals surface area contributed by atoms with Crippen LogP contribution in [0, 0.1) is 0 Å². The third-order valence-electron chi connectivity index (χ3n) is 3.14. The SMILES string of the molecule is O=C1CCC(CNCCCc2ccccc2)N1. The van der Waals surface area contributed by atoms with Gasteiger partial charge >= 0.3 is 0 Å². The smallest absolute Gasteiger partial charge is 0.220 e. The van der Waals surface area contributed by atoms with Gasteiger partial charge in [-0.3, -0.25) is 4.79 Å². The zero-order valence-electron chi connectivity index (χ0n) is 10.1. The summed E-state index contributed by atoms with van der Waals surface area (Å²) >= 11 is 0. The Bertz CT molecular complexity index is 350. The maximum Gasteiger partial charge on any atom is 0.220 e. The second kappa shape index (κ2) is 6.40. The molecule has 2 rings (SSSR count). The van der Waals surface area contributed by atoms with Gasteiger partial charge in [0.25, 0.3) is 0 Å². The molecule has 0 aromatic heterocycles. The van der Waals surface area contributed by atoms with Gasteiger partial charge in [0.1, 0.15) is 0 Å². The number of rotatable bonds is 6. The number of carbonyl (C=O) groups excluding carboxylic acids is 1. The summed E-state index contributed by atoms with van der Waals surface area (Å²) in [4.78, 5) is 11.0. The molecule has 1 aromatic carbocycles. The average molecular weight is 232 g/mol. The van der Waals surface area contributed by atoms with Crippen molar-refractivity contribution < 1.29 is 4.79 Å². The molecule has 3 heteroatoms. The first kappa shape index (κ1) is 12.1. The van der Waals surface area contributed by atoms with Crippen LogP contribution >= 0.6 is 0 Å². The van der Waals surface area contributed by atoms with Crippen molar-refractivity contribution in [3.8, 4) is 0 Å². The van der Waals surface area contributed by atoms with Gasteiger partial charge in [0, 0.05) is 19.0 Å².